The third-order valence-corrected chi connectivity index (χ3v) is 4.82. The largest absolute Gasteiger partial charge is 0.383 e. The Morgan fingerprint density at radius 2 is 2.38 bits per heavy atom. The van der Waals surface area contributed by atoms with Crippen LogP contribution in [-0.4, -0.2) is 61.8 Å². The van der Waals surface area contributed by atoms with Crippen LogP contribution in [0.5, 0.6) is 0 Å². The van der Waals surface area contributed by atoms with Gasteiger partial charge in [-0.05, 0) is 31.6 Å². The lowest BCUT2D eigenvalue weighted by atomic mass is 10.2. The van der Waals surface area contributed by atoms with E-state index < -0.39 is 0 Å². The molecule has 2 saturated heterocycles. The molecule has 1 N–H and O–H groups in total. The zero-order chi connectivity index (χ0) is 11.2. The Morgan fingerprint density at radius 1 is 1.44 bits per heavy atom. The number of likely N-dealkylation sites (tertiary alicyclic amines) is 1. The van der Waals surface area contributed by atoms with Gasteiger partial charge in [-0.25, -0.2) is 0 Å². The van der Waals surface area contributed by atoms with Crippen molar-refractivity contribution >= 4 is 11.8 Å². The topological polar surface area (TPSA) is 24.5 Å². The van der Waals surface area contributed by atoms with Crippen LogP contribution in [0.1, 0.15) is 19.3 Å². The van der Waals surface area contributed by atoms with Crippen LogP contribution in [0.4, 0.5) is 0 Å². The average molecular weight is 244 g/mol. The molecular formula is C12H24N2OS. The van der Waals surface area contributed by atoms with Gasteiger partial charge in [0.05, 0.1) is 6.61 Å². The lowest BCUT2D eigenvalue weighted by molar-refractivity contribution is 0.139. The standard InChI is InChI=1S/C12H24N2OS/c1-15-7-6-14-5-2-3-12(14)9-13-11-4-8-16-10-11/h11-13H,2-10H2,1H3. The van der Waals surface area contributed by atoms with Crippen molar-refractivity contribution in [3.63, 3.8) is 0 Å². The van der Waals surface area contributed by atoms with Gasteiger partial charge in [0.25, 0.3) is 0 Å². The van der Waals surface area contributed by atoms with Gasteiger partial charge < -0.3 is 10.1 Å². The van der Waals surface area contributed by atoms with E-state index in [2.05, 4.69) is 22.0 Å². The third-order valence-electron chi connectivity index (χ3n) is 3.65. The van der Waals surface area contributed by atoms with Crippen molar-refractivity contribution in [3.8, 4) is 0 Å². The second-order valence-electron chi connectivity index (χ2n) is 4.79. The molecular weight excluding hydrogens is 220 g/mol. The van der Waals surface area contributed by atoms with E-state index in [1.807, 2.05) is 0 Å². The SMILES string of the molecule is COCCN1CCCC1CNC1CCSC1. The van der Waals surface area contributed by atoms with E-state index in [4.69, 9.17) is 4.74 Å². The molecule has 2 atom stereocenters. The number of thioether (sulfide) groups is 1. The number of ether oxygens (including phenoxy) is 1. The maximum Gasteiger partial charge on any atom is 0.0589 e. The molecule has 0 aromatic heterocycles. The van der Waals surface area contributed by atoms with Crippen molar-refractivity contribution in [2.45, 2.75) is 31.3 Å². The van der Waals surface area contributed by atoms with Crippen molar-refractivity contribution in [1.29, 1.82) is 0 Å². The molecule has 0 amide bonds. The van der Waals surface area contributed by atoms with Gasteiger partial charge in [0.2, 0.25) is 0 Å². The highest BCUT2D eigenvalue weighted by Crippen LogP contribution is 2.19. The Balaban J connectivity index is 1.66. The summed E-state index contributed by atoms with van der Waals surface area (Å²) in [6.45, 7) is 4.40. The summed E-state index contributed by atoms with van der Waals surface area (Å²) < 4.78 is 5.16. The monoisotopic (exact) mass is 244 g/mol. The van der Waals surface area contributed by atoms with Gasteiger partial charge >= 0.3 is 0 Å². The molecule has 0 spiro atoms. The van der Waals surface area contributed by atoms with Gasteiger partial charge in [0.1, 0.15) is 0 Å². The quantitative estimate of drug-likeness (QED) is 0.758. The fourth-order valence-electron chi connectivity index (χ4n) is 2.63. The molecule has 0 aromatic rings. The molecule has 3 nitrogen and oxygen atoms in total. The van der Waals surface area contributed by atoms with Crippen molar-refractivity contribution in [2.75, 3.05) is 44.9 Å². The molecule has 2 aliphatic rings. The highest BCUT2D eigenvalue weighted by molar-refractivity contribution is 7.99. The van der Waals surface area contributed by atoms with Crippen LogP contribution in [0.25, 0.3) is 0 Å². The predicted octanol–water partition coefficient (Wildman–Crippen LogP) is 1.19. The van der Waals surface area contributed by atoms with Crippen LogP contribution in [0.3, 0.4) is 0 Å². The van der Waals surface area contributed by atoms with E-state index in [1.165, 1.54) is 43.9 Å². The lowest BCUT2D eigenvalue weighted by Gasteiger charge is -2.25. The van der Waals surface area contributed by atoms with E-state index in [1.54, 1.807) is 7.11 Å². The zero-order valence-electron chi connectivity index (χ0n) is 10.3. The summed E-state index contributed by atoms with van der Waals surface area (Å²) in [6.07, 6.45) is 4.07. The zero-order valence-corrected chi connectivity index (χ0v) is 11.1. The Kier molecular flexibility index (Phi) is 5.42. The average Bonchev–Trinajstić information content (AvgIpc) is 2.94. The smallest absolute Gasteiger partial charge is 0.0589 e. The molecule has 2 aliphatic heterocycles. The molecule has 94 valence electrons. The van der Waals surface area contributed by atoms with E-state index in [9.17, 15) is 0 Å². The van der Waals surface area contributed by atoms with Crippen LogP contribution >= 0.6 is 11.8 Å². The third kappa shape index (κ3) is 3.62. The van der Waals surface area contributed by atoms with Gasteiger partial charge in [0.15, 0.2) is 0 Å². The first-order valence-electron chi connectivity index (χ1n) is 6.44. The number of hydrogen-bond acceptors (Lipinski definition) is 4. The molecule has 4 heteroatoms. The highest BCUT2D eigenvalue weighted by Gasteiger charge is 2.25. The summed E-state index contributed by atoms with van der Waals surface area (Å²) in [5.41, 5.74) is 0. The molecule has 0 bridgehead atoms. The van der Waals surface area contributed by atoms with E-state index >= 15 is 0 Å². The summed E-state index contributed by atoms with van der Waals surface area (Å²) in [5.74, 6) is 2.65. The van der Waals surface area contributed by atoms with E-state index in [0.717, 1.165) is 25.2 Å². The van der Waals surface area contributed by atoms with Gasteiger partial charge in [-0.1, -0.05) is 0 Å². The van der Waals surface area contributed by atoms with Crippen LogP contribution in [0, 0.1) is 0 Å². The molecule has 2 unspecified atom stereocenters. The second kappa shape index (κ2) is 6.84. The number of nitrogens with one attached hydrogen (secondary N) is 1. The van der Waals surface area contributed by atoms with Gasteiger partial charge in [-0.3, -0.25) is 4.90 Å². The second-order valence-corrected chi connectivity index (χ2v) is 5.94. The predicted molar refractivity (Wildman–Crippen MR) is 70.2 cm³/mol. The molecule has 16 heavy (non-hydrogen) atoms. The summed E-state index contributed by atoms with van der Waals surface area (Å²) in [4.78, 5) is 2.58. The first-order valence-corrected chi connectivity index (χ1v) is 7.59. The van der Waals surface area contributed by atoms with Gasteiger partial charge in [-0.15, -0.1) is 0 Å². The van der Waals surface area contributed by atoms with Crippen LogP contribution in [-0.2, 0) is 4.74 Å². The fourth-order valence-corrected chi connectivity index (χ4v) is 3.81. The van der Waals surface area contributed by atoms with Gasteiger partial charge in [0, 0.05) is 38.0 Å². The minimum absolute atomic E-state index is 0.751. The lowest BCUT2D eigenvalue weighted by Crippen LogP contribution is -2.42. The van der Waals surface area contributed by atoms with Crippen molar-refractivity contribution in [3.05, 3.63) is 0 Å². The molecule has 2 heterocycles. The van der Waals surface area contributed by atoms with Crippen LogP contribution < -0.4 is 5.32 Å². The number of rotatable bonds is 6. The van der Waals surface area contributed by atoms with Crippen LogP contribution in [0.15, 0.2) is 0 Å². The molecule has 0 aromatic carbocycles. The number of nitrogens with zero attached hydrogens (tertiary/aromatic N) is 1. The van der Waals surface area contributed by atoms with Crippen molar-refractivity contribution in [1.82, 2.24) is 10.2 Å². The Bertz CT molecular complexity index is 197. The van der Waals surface area contributed by atoms with E-state index in [-0.39, 0.29) is 0 Å². The maximum atomic E-state index is 5.16. The normalized spacial score (nSPS) is 31.3. The maximum absolute atomic E-state index is 5.16. The van der Waals surface area contributed by atoms with Crippen LogP contribution in [0.2, 0.25) is 0 Å². The van der Waals surface area contributed by atoms with Crippen molar-refractivity contribution in [2.24, 2.45) is 0 Å². The Hall–Kier alpha value is 0.230. The minimum atomic E-state index is 0.751. The molecule has 2 rings (SSSR count). The summed E-state index contributed by atoms with van der Waals surface area (Å²) >= 11 is 2.08. The first kappa shape index (κ1) is 12.7. The summed E-state index contributed by atoms with van der Waals surface area (Å²) in [7, 11) is 1.79. The Labute approximate surface area is 103 Å². The molecule has 0 radical (unpaired) electrons. The van der Waals surface area contributed by atoms with Gasteiger partial charge in [-0.2, -0.15) is 11.8 Å². The molecule has 2 fully saturated rings. The Morgan fingerprint density at radius 3 is 3.12 bits per heavy atom. The van der Waals surface area contributed by atoms with E-state index in [0.29, 0.717) is 0 Å². The number of methoxy groups -OCH3 is 1. The number of hydrogen-bond donors (Lipinski definition) is 1. The summed E-state index contributed by atoms with van der Waals surface area (Å²) in [6, 6.07) is 1.52. The molecule has 0 aliphatic carbocycles. The summed E-state index contributed by atoms with van der Waals surface area (Å²) in [5, 5.41) is 3.73. The fraction of sp³-hybridized carbons (Fsp3) is 1.00. The minimum Gasteiger partial charge on any atom is -0.383 e. The van der Waals surface area contributed by atoms with Crippen molar-refractivity contribution < 1.29 is 4.74 Å². The first-order chi connectivity index (χ1) is 7.90. The molecule has 0 saturated carbocycles. The highest BCUT2D eigenvalue weighted by atomic mass is 32.2.